The lowest BCUT2D eigenvalue weighted by Crippen LogP contribution is -2.48. The summed E-state index contributed by atoms with van der Waals surface area (Å²) in [5.41, 5.74) is 0. The SMILES string of the molecule is C=CCOC(=O)N(C1CCCC1)C(C)C(=O)O. The van der Waals surface area contributed by atoms with Crippen molar-refractivity contribution < 1.29 is 19.4 Å². The average Bonchev–Trinajstić information content (AvgIpc) is 2.79. The molecule has 96 valence electrons. The van der Waals surface area contributed by atoms with Crippen LogP contribution in [0.2, 0.25) is 0 Å². The quantitative estimate of drug-likeness (QED) is 0.748. The summed E-state index contributed by atoms with van der Waals surface area (Å²) in [6.07, 6.45) is 4.66. The highest BCUT2D eigenvalue weighted by molar-refractivity contribution is 5.80. The number of aliphatic carboxylic acids is 1. The van der Waals surface area contributed by atoms with E-state index in [1.54, 1.807) is 0 Å². The fourth-order valence-electron chi connectivity index (χ4n) is 2.13. The van der Waals surface area contributed by atoms with Crippen molar-refractivity contribution in [2.45, 2.75) is 44.7 Å². The Morgan fingerprint density at radius 1 is 1.53 bits per heavy atom. The molecule has 17 heavy (non-hydrogen) atoms. The number of hydrogen-bond donors (Lipinski definition) is 1. The van der Waals surface area contributed by atoms with E-state index in [4.69, 9.17) is 9.84 Å². The van der Waals surface area contributed by atoms with Gasteiger partial charge in [0.25, 0.3) is 0 Å². The summed E-state index contributed by atoms with van der Waals surface area (Å²) in [7, 11) is 0. The summed E-state index contributed by atoms with van der Waals surface area (Å²) in [5, 5.41) is 9.02. The standard InChI is InChI=1S/C12H19NO4/c1-3-8-17-12(16)13(9(2)11(14)15)10-6-4-5-7-10/h3,9-10H,1,4-8H2,2H3,(H,14,15). The van der Waals surface area contributed by atoms with Crippen molar-refractivity contribution >= 4 is 12.1 Å². The molecule has 0 radical (unpaired) electrons. The van der Waals surface area contributed by atoms with Crippen LogP contribution in [0.3, 0.4) is 0 Å². The van der Waals surface area contributed by atoms with Crippen molar-refractivity contribution in [2.24, 2.45) is 0 Å². The predicted octanol–water partition coefficient (Wildman–Crippen LogP) is 2.03. The Morgan fingerprint density at radius 2 is 2.12 bits per heavy atom. The minimum atomic E-state index is -1.01. The van der Waals surface area contributed by atoms with Crippen LogP contribution in [0, 0.1) is 0 Å². The fourth-order valence-corrected chi connectivity index (χ4v) is 2.13. The molecule has 1 aliphatic rings. The maximum Gasteiger partial charge on any atom is 0.411 e. The number of hydrogen-bond acceptors (Lipinski definition) is 3. The fraction of sp³-hybridized carbons (Fsp3) is 0.667. The lowest BCUT2D eigenvalue weighted by molar-refractivity contribution is -0.142. The molecule has 1 rings (SSSR count). The van der Waals surface area contributed by atoms with Crippen LogP contribution in [-0.2, 0) is 9.53 Å². The number of amides is 1. The Bertz CT molecular complexity index is 297. The van der Waals surface area contributed by atoms with E-state index in [2.05, 4.69) is 6.58 Å². The van der Waals surface area contributed by atoms with Gasteiger partial charge in [-0.15, -0.1) is 0 Å². The third-order valence-electron chi connectivity index (χ3n) is 3.03. The lowest BCUT2D eigenvalue weighted by Gasteiger charge is -2.31. The number of carboxylic acid groups (broad SMARTS) is 1. The number of carboxylic acids is 1. The van der Waals surface area contributed by atoms with Crippen molar-refractivity contribution in [1.82, 2.24) is 4.90 Å². The number of nitrogens with zero attached hydrogens (tertiary/aromatic N) is 1. The Hall–Kier alpha value is -1.52. The number of carbonyl (C=O) groups excluding carboxylic acids is 1. The van der Waals surface area contributed by atoms with Gasteiger partial charge >= 0.3 is 12.1 Å². The topological polar surface area (TPSA) is 66.8 Å². The maximum absolute atomic E-state index is 11.8. The molecule has 1 saturated carbocycles. The van der Waals surface area contributed by atoms with Gasteiger partial charge in [0.15, 0.2) is 0 Å². The van der Waals surface area contributed by atoms with E-state index in [0.717, 1.165) is 25.7 Å². The molecule has 0 spiro atoms. The van der Waals surface area contributed by atoms with Crippen LogP contribution in [0.1, 0.15) is 32.6 Å². The molecule has 1 atom stereocenters. The Labute approximate surface area is 101 Å². The van der Waals surface area contributed by atoms with Crippen molar-refractivity contribution in [3.05, 3.63) is 12.7 Å². The second kappa shape index (κ2) is 6.27. The molecule has 1 amide bonds. The first-order valence-corrected chi connectivity index (χ1v) is 5.86. The van der Waals surface area contributed by atoms with E-state index in [1.807, 2.05) is 0 Å². The van der Waals surface area contributed by atoms with E-state index < -0.39 is 18.1 Å². The normalized spacial score (nSPS) is 17.5. The average molecular weight is 241 g/mol. The number of ether oxygens (including phenoxy) is 1. The molecule has 0 aromatic rings. The maximum atomic E-state index is 11.8. The van der Waals surface area contributed by atoms with Gasteiger partial charge in [-0.3, -0.25) is 4.90 Å². The van der Waals surface area contributed by atoms with Gasteiger partial charge in [-0.1, -0.05) is 25.5 Å². The Balaban J connectivity index is 2.73. The highest BCUT2D eigenvalue weighted by atomic mass is 16.6. The van der Waals surface area contributed by atoms with Gasteiger partial charge in [-0.25, -0.2) is 9.59 Å². The monoisotopic (exact) mass is 241 g/mol. The van der Waals surface area contributed by atoms with Crippen molar-refractivity contribution in [3.8, 4) is 0 Å². The van der Waals surface area contributed by atoms with E-state index in [1.165, 1.54) is 17.9 Å². The smallest absolute Gasteiger partial charge is 0.411 e. The summed E-state index contributed by atoms with van der Waals surface area (Å²) in [4.78, 5) is 24.2. The Morgan fingerprint density at radius 3 is 2.59 bits per heavy atom. The Kier molecular flexibility index (Phi) is 5.00. The van der Waals surface area contributed by atoms with Gasteiger partial charge < -0.3 is 9.84 Å². The zero-order valence-corrected chi connectivity index (χ0v) is 10.1. The van der Waals surface area contributed by atoms with Crippen LogP contribution in [0.5, 0.6) is 0 Å². The van der Waals surface area contributed by atoms with Crippen molar-refractivity contribution in [3.63, 3.8) is 0 Å². The van der Waals surface area contributed by atoms with E-state index in [0.29, 0.717) is 0 Å². The molecule has 1 fully saturated rings. The van der Waals surface area contributed by atoms with Crippen LogP contribution in [-0.4, -0.2) is 40.8 Å². The summed E-state index contributed by atoms with van der Waals surface area (Å²) in [6, 6.07) is -0.867. The molecule has 0 saturated heterocycles. The molecule has 0 bridgehead atoms. The van der Waals surface area contributed by atoms with Gasteiger partial charge in [-0.05, 0) is 19.8 Å². The molecular formula is C12H19NO4. The van der Waals surface area contributed by atoms with Gasteiger partial charge in [0.2, 0.25) is 0 Å². The summed E-state index contributed by atoms with van der Waals surface area (Å²) < 4.78 is 4.94. The number of carbonyl (C=O) groups is 2. The van der Waals surface area contributed by atoms with Crippen LogP contribution < -0.4 is 0 Å². The lowest BCUT2D eigenvalue weighted by atomic mass is 10.1. The molecule has 1 N–H and O–H groups in total. The first kappa shape index (κ1) is 13.5. The van der Waals surface area contributed by atoms with Gasteiger partial charge in [-0.2, -0.15) is 0 Å². The first-order chi connectivity index (χ1) is 8.07. The first-order valence-electron chi connectivity index (χ1n) is 5.86. The third kappa shape index (κ3) is 3.47. The minimum Gasteiger partial charge on any atom is -0.480 e. The largest absolute Gasteiger partial charge is 0.480 e. The molecule has 0 aromatic carbocycles. The van der Waals surface area contributed by atoms with Gasteiger partial charge in [0.05, 0.1) is 0 Å². The van der Waals surface area contributed by atoms with Crippen LogP contribution in [0.25, 0.3) is 0 Å². The summed E-state index contributed by atoms with van der Waals surface area (Å²) in [6.45, 7) is 5.07. The molecule has 1 aliphatic carbocycles. The molecule has 0 aliphatic heterocycles. The zero-order chi connectivity index (χ0) is 12.8. The highest BCUT2D eigenvalue weighted by Crippen LogP contribution is 2.25. The third-order valence-corrected chi connectivity index (χ3v) is 3.03. The van der Waals surface area contributed by atoms with E-state index in [9.17, 15) is 9.59 Å². The second-order valence-corrected chi connectivity index (χ2v) is 4.23. The van der Waals surface area contributed by atoms with E-state index in [-0.39, 0.29) is 12.6 Å². The molecule has 0 heterocycles. The molecule has 5 heteroatoms. The van der Waals surface area contributed by atoms with Crippen LogP contribution in [0.15, 0.2) is 12.7 Å². The van der Waals surface area contributed by atoms with E-state index >= 15 is 0 Å². The van der Waals surface area contributed by atoms with Gasteiger partial charge in [0.1, 0.15) is 12.6 Å². The highest BCUT2D eigenvalue weighted by Gasteiger charge is 2.34. The summed E-state index contributed by atoms with van der Waals surface area (Å²) >= 11 is 0. The van der Waals surface area contributed by atoms with Crippen LogP contribution in [0.4, 0.5) is 4.79 Å². The zero-order valence-electron chi connectivity index (χ0n) is 10.1. The predicted molar refractivity (Wildman–Crippen MR) is 62.7 cm³/mol. The summed E-state index contributed by atoms with van der Waals surface area (Å²) in [5.74, 6) is -1.01. The van der Waals surface area contributed by atoms with Crippen molar-refractivity contribution in [1.29, 1.82) is 0 Å². The molecular weight excluding hydrogens is 222 g/mol. The second-order valence-electron chi connectivity index (χ2n) is 4.23. The minimum absolute atomic E-state index is 0.0154. The molecule has 0 aromatic heterocycles. The van der Waals surface area contributed by atoms with Crippen LogP contribution >= 0.6 is 0 Å². The number of rotatable bonds is 5. The molecule has 1 unspecified atom stereocenters. The van der Waals surface area contributed by atoms with Crippen molar-refractivity contribution in [2.75, 3.05) is 6.61 Å². The molecule has 5 nitrogen and oxygen atoms in total. The van der Waals surface area contributed by atoms with Gasteiger partial charge in [0, 0.05) is 6.04 Å².